The summed E-state index contributed by atoms with van der Waals surface area (Å²) in [5, 5.41) is 12.5. The summed E-state index contributed by atoms with van der Waals surface area (Å²) in [5.74, 6) is -0.643. The van der Waals surface area contributed by atoms with Crippen LogP contribution in [0.4, 0.5) is 0 Å². The summed E-state index contributed by atoms with van der Waals surface area (Å²) in [6, 6.07) is 19.7. The number of carbonyl (C=O) groups is 1. The molecule has 2 aliphatic rings. The van der Waals surface area contributed by atoms with Crippen LogP contribution >= 0.6 is 0 Å². The first kappa shape index (κ1) is 21.9. The van der Waals surface area contributed by atoms with Crippen LogP contribution in [0.2, 0.25) is 0 Å². The average Bonchev–Trinajstić information content (AvgIpc) is 2.84. The van der Waals surface area contributed by atoms with Crippen molar-refractivity contribution in [2.45, 2.75) is 12.8 Å². The van der Waals surface area contributed by atoms with Gasteiger partial charge in [0.1, 0.15) is 0 Å². The van der Waals surface area contributed by atoms with Gasteiger partial charge in [0.15, 0.2) is 0 Å². The lowest BCUT2D eigenvalue weighted by Gasteiger charge is -2.30. The van der Waals surface area contributed by atoms with Crippen molar-refractivity contribution in [1.82, 2.24) is 10.2 Å². The van der Waals surface area contributed by atoms with E-state index in [2.05, 4.69) is 22.4 Å². The maximum atomic E-state index is 13.3. The zero-order chi connectivity index (χ0) is 22.3. The van der Waals surface area contributed by atoms with Crippen LogP contribution in [-0.2, 0) is 9.53 Å². The first-order chi connectivity index (χ1) is 15.7. The Morgan fingerprint density at radius 1 is 1.19 bits per heavy atom. The van der Waals surface area contributed by atoms with Gasteiger partial charge in [-0.25, -0.2) is 0 Å². The van der Waals surface area contributed by atoms with E-state index in [1.54, 1.807) is 6.07 Å². The van der Waals surface area contributed by atoms with Crippen LogP contribution in [0.25, 0.3) is 5.70 Å². The predicted octanol–water partition coefficient (Wildman–Crippen LogP) is 3.22. The molecule has 1 N–H and O–H groups in total. The normalized spacial score (nSPS) is 21.2. The van der Waals surface area contributed by atoms with Gasteiger partial charge >= 0.3 is 0 Å². The molecule has 0 saturated carbocycles. The maximum absolute atomic E-state index is 13.3. The Morgan fingerprint density at radius 3 is 2.72 bits per heavy atom. The van der Waals surface area contributed by atoms with Crippen LogP contribution in [-0.4, -0.2) is 55.9 Å². The summed E-state index contributed by atoms with van der Waals surface area (Å²) in [7, 11) is 0. The Bertz CT molecular complexity index is 1050. The third-order valence-corrected chi connectivity index (χ3v) is 6.03. The molecule has 1 amide bonds. The van der Waals surface area contributed by atoms with E-state index in [1.165, 1.54) is 0 Å². The van der Waals surface area contributed by atoms with Crippen molar-refractivity contribution >= 4 is 17.3 Å². The molecule has 2 heterocycles. The molecule has 0 spiro atoms. The van der Waals surface area contributed by atoms with Crippen LogP contribution in [0.15, 0.2) is 65.7 Å². The van der Waals surface area contributed by atoms with E-state index in [1.807, 2.05) is 55.5 Å². The lowest BCUT2D eigenvalue weighted by atomic mass is 9.79. The summed E-state index contributed by atoms with van der Waals surface area (Å²) in [4.78, 5) is 20.4. The van der Waals surface area contributed by atoms with E-state index in [4.69, 9.17) is 9.73 Å². The molecule has 32 heavy (non-hydrogen) atoms. The lowest BCUT2D eigenvalue weighted by Crippen LogP contribution is -2.44. The summed E-state index contributed by atoms with van der Waals surface area (Å²) >= 11 is 0. The van der Waals surface area contributed by atoms with Crippen LogP contribution in [0.5, 0.6) is 0 Å². The summed E-state index contributed by atoms with van der Waals surface area (Å²) in [6.07, 6.45) is 2.06. The zero-order valence-electron chi connectivity index (χ0n) is 18.3. The minimum absolute atomic E-state index is 0.0322. The number of nitriles is 1. The highest BCUT2D eigenvalue weighted by molar-refractivity contribution is 6.07. The number of nitrogens with zero attached hydrogens (tertiary/aromatic N) is 3. The predicted molar refractivity (Wildman–Crippen MR) is 125 cm³/mol. The third-order valence-electron chi connectivity index (χ3n) is 6.03. The average molecular weight is 429 g/mol. The minimum Gasteiger partial charge on any atom is -0.379 e. The Hall–Kier alpha value is -3.27. The van der Waals surface area contributed by atoms with Crippen molar-refractivity contribution in [3.63, 3.8) is 0 Å². The van der Waals surface area contributed by atoms with Gasteiger partial charge in [-0.1, -0.05) is 42.5 Å². The summed E-state index contributed by atoms with van der Waals surface area (Å²) in [5.41, 5.74) is 4.18. The molecule has 0 bridgehead atoms. The van der Waals surface area contributed by atoms with Gasteiger partial charge in [-0.05, 0) is 36.3 Å². The Kier molecular flexibility index (Phi) is 7.10. The van der Waals surface area contributed by atoms with E-state index in [0.29, 0.717) is 12.1 Å². The topological polar surface area (TPSA) is 77.7 Å². The van der Waals surface area contributed by atoms with E-state index >= 15 is 0 Å². The second kappa shape index (κ2) is 10.4. The molecule has 2 aliphatic heterocycles. The molecule has 4 rings (SSSR count). The van der Waals surface area contributed by atoms with Gasteiger partial charge in [-0.15, -0.1) is 0 Å². The maximum Gasteiger partial charge on any atom is 0.229 e. The largest absolute Gasteiger partial charge is 0.379 e. The van der Waals surface area contributed by atoms with Gasteiger partial charge in [0.25, 0.3) is 0 Å². The van der Waals surface area contributed by atoms with Crippen molar-refractivity contribution in [2.24, 2.45) is 10.9 Å². The van der Waals surface area contributed by atoms with Crippen LogP contribution in [0.1, 0.15) is 29.5 Å². The van der Waals surface area contributed by atoms with E-state index in [-0.39, 0.29) is 11.8 Å². The van der Waals surface area contributed by atoms with Crippen molar-refractivity contribution in [2.75, 3.05) is 39.4 Å². The molecule has 0 aliphatic carbocycles. The highest BCUT2D eigenvalue weighted by Crippen LogP contribution is 2.36. The Balaban J connectivity index is 1.57. The number of morpholine rings is 1. The number of benzene rings is 2. The Labute approximate surface area is 189 Å². The Morgan fingerprint density at radius 2 is 1.97 bits per heavy atom. The molecule has 0 radical (unpaired) electrons. The fourth-order valence-corrected chi connectivity index (χ4v) is 4.32. The molecule has 6 nitrogen and oxygen atoms in total. The summed E-state index contributed by atoms with van der Waals surface area (Å²) in [6.45, 7) is 6.59. The number of amides is 1. The molecular weight excluding hydrogens is 400 g/mol. The second-order valence-corrected chi connectivity index (χ2v) is 8.16. The van der Waals surface area contributed by atoms with Crippen molar-refractivity contribution in [1.29, 1.82) is 5.26 Å². The molecule has 1 saturated heterocycles. The van der Waals surface area contributed by atoms with Gasteiger partial charge in [-0.3, -0.25) is 14.7 Å². The number of rotatable bonds is 6. The van der Waals surface area contributed by atoms with E-state index in [9.17, 15) is 10.1 Å². The molecule has 6 heteroatoms. The third kappa shape index (κ3) is 5.13. The zero-order valence-corrected chi connectivity index (χ0v) is 18.3. The lowest BCUT2D eigenvalue weighted by molar-refractivity contribution is -0.123. The fourth-order valence-electron chi connectivity index (χ4n) is 4.32. The number of hydrogen-bond acceptors (Lipinski definition) is 5. The van der Waals surface area contributed by atoms with Gasteiger partial charge < -0.3 is 10.1 Å². The van der Waals surface area contributed by atoms with E-state index < -0.39 is 5.92 Å². The SMILES string of the molecule is CC1=NC(c2ccccc2)=CC(c2cccc(C#N)c2)C1C(=O)NCCN1CCOCC1. The molecule has 2 atom stereocenters. The molecule has 164 valence electrons. The van der Waals surface area contributed by atoms with Gasteiger partial charge in [-0.2, -0.15) is 5.26 Å². The highest BCUT2D eigenvalue weighted by Gasteiger charge is 2.34. The molecule has 2 aromatic rings. The van der Waals surface area contributed by atoms with Crippen molar-refractivity contribution in [3.8, 4) is 6.07 Å². The number of nitrogens with one attached hydrogen (secondary N) is 1. The van der Waals surface area contributed by atoms with Crippen LogP contribution < -0.4 is 5.32 Å². The molecule has 0 aromatic heterocycles. The first-order valence-corrected chi connectivity index (χ1v) is 11.1. The molecular formula is C26H28N4O2. The van der Waals surface area contributed by atoms with E-state index in [0.717, 1.165) is 55.4 Å². The fraction of sp³-hybridized carbons (Fsp3) is 0.346. The smallest absolute Gasteiger partial charge is 0.229 e. The van der Waals surface area contributed by atoms with Gasteiger partial charge in [0.2, 0.25) is 5.91 Å². The van der Waals surface area contributed by atoms with Crippen molar-refractivity contribution < 1.29 is 9.53 Å². The number of aliphatic imine (C=N–C) groups is 1. The van der Waals surface area contributed by atoms with Crippen LogP contribution in [0, 0.1) is 17.2 Å². The standard InChI is InChI=1S/C26H28N4O2/c1-19-25(26(31)28-10-11-30-12-14-32-15-13-30)23(22-9-5-6-20(16-22)18-27)17-24(29-19)21-7-3-2-4-8-21/h2-9,16-17,23,25H,10-15H2,1H3,(H,28,31). The number of carbonyl (C=O) groups excluding carboxylic acids is 1. The first-order valence-electron chi connectivity index (χ1n) is 11.1. The number of hydrogen-bond donors (Lipinski definition) is 1. The highest BCUT2D eigenvalue weighted by atomic mass is 16.5. The van der Waals surface area contributed by atoms with Crippen molar-refractivity contribution in [3.05, 3.63) is 77.4 Å². The molecule has 2 aromatic carbocycles. The quantitative estimate of drug-likeness (QED) is 0.766. The molecule has 1 fully saturated rings. The minimum atomic E-state index is -0.416. The number of ether oxygens (including phenoxy) is 1. The second-order valence-electron chi connectivity index (χ2n) is 8.16. The van der Waals surface area contributed by atoms with Crippen LogP contribution in [0.3, 0.4) is 0 Å². The molecule has 2 unspecified atom stereocenters. The number of allylic oxidation sites excluding steroid dienone is 1. The van der Waals surface area contributed by atoms with Gasteiger partial charge in [0.05, 0.1) is 36.5 Å². The summed E-state index contributed by atoms with van der Waals surface area (Å²) < 4.78 is 5.39. The monoisotopic (exact) mass is 428 g/mol. The van der Waals surface area contributed by atoms with Gasteiger partial charge in [0, 0.05) is 37.8 Å².